The molecule has 2 atom stereocenters. The number of rotatable bonds is 2. The summed E-state index contributed by atoms with van der Waals surface area (Å²) in [5, 5.41) is 0. The molecule has 1 rings (SSSR count). The summed E-state index contributed by atoms with van der Waals surface area (Å²) in [5.41, 5.74) is 0. The van der Waals surface area contributed by atoms with Gasteiger partial charge in [0, 0.05) is 0 Å². The van der Waals surface area contributed by atoms with E-state index in [1.165, 1.54) is 19.3 Å². The first-order chi connectivity index (χ1) is 3.84. The summed E-state index contributed by atoms with van der Waals surface area (Å²) in [6, 6.07) is 0. The zero-order valence-corrected chi connectivity index (χ0v) is 5.56. The van der Waals surface area contributed by atoms with Gasteiger partial charge in [0.1, 0.15) is 0 Å². The van der Waals surface area contributed by atoms with Crippen molar-refractivity contribution in [1.29, 1.82) is 0 Å². The first kappa shape index (κ1) is 5.87. The van der Waals surface area contributed by atoms with Crippen molar-refractivity contribution in [2.75, 3.05) is 0 Å². The van der Waals surface area contributed by atoms with Crippen LogP contribution in [0.25, 0.3) is 0 Å². The standard InChI is InChI=1S/C8H14/c1-3-4-8-6-5-7(8)2/h3,7-8H,1,4-6H2,2H3. The van der Waals surface area contributed by atoms with E-state index in [1.807, 2.05) is 6.08 Å². The van der Waals surface area contributed by atoms with Gasteiger partial charge in [0.15, 0.2) is 0 Å². The highest BCUT2D eigenvalue weighted by molar-refractivity contribution is 4.83. The van der Waals surface area contributed by atoms with Crippen molar-refractivity contribution in [2.45, 2.75) is 26.2 Å². The molecule has 0 nitrogen and oxygen atoms in total. The summed E-state index contributed by atoms with van der Waals surface area (Å²) in [6.07, 6.45) is 6.16. The van der Waals surface area contributed by atoms with Crippen molar-refractivity contribution in [3.8, 4) is 0 Å². The predicted octanol–water partition coefficient (Wildman–Crippen LogP) is 2.61. The van der Waals surface area contributed by atoms with Gasteiger partial charge in [0.25, 0.3) is 0 Å². The van der Waals surface area contributed by atoms with E-state index in [-0.39, 0.29) is 0 Å². The molecule has 0 radical (unpaired) electrons. The SMILES string of the molecule is C=CCC1CCC1C. The Bertz CT molecular complexity index is 84.0. The molecule has 0 spiro atoms. The van der Waals surface area contributed by atoms with Crippen LogP contribution in [0.4, 0.5) is 0 Å². The molecule has 0 heteroatoms. The monoisotopic (exact) mass is 110 g/mol. The van der Waals surface area contributed by atoms with Crippen LogP contribution in [-0.2, 0) is 0 Å². The van der Waals surface area contributed by atoms with Crippen molar-refractivity contribution in [3.05, 3.63) is 12.7 Å². The van der Waals surface area contributed by atoms with E-state index in [4.69, 9.17) is 0 Å². The summed E-state index contributed by atoms with van der Waals surface area (Å²) in [4.78, 5) is 0. The molecule has 0 aliphatic heterocycles. The first-order valence-electron chi connectivity index (χ1n) is 3.45. The minimum atomic E-state index is 0.979. The van der Waals surface area contributed by atoms with Gasteiger partial charge >= 0.3 is 0 Å². The van der Waals surface area contributed by atoms with Crippen LogP contribution in [0.5, 0.6) is 0 Å². The second-order valence-corrected chi connectivity index (χ2v) is 2.84. The van der Waals surface area contributed by atoms with E-state index in [0.29, 0.717) is 0 Å². The Morgan fingerprint density at radius 3 is 2.50 bits per heavy atom. The topological polar surface area (TPSA) is 0 Å². The minimum absolute atomic E-state index is 0.979. The van der Waals surface area contributed by atoms with Gasteiger partial charge in [0.2, 0.25) is 0 Å². The molecule has 0 aromatic heterocycles. The molecule has 0 N–H and O–H groups in total. The number of allylic oxidation sites excluding steroid dienone is 1. The van der Waals surface area contributed by atoms with Crippen molar-refractivity contribution < 1.29 is 0 Å². The van der Waals surface area contributed by atoms with E-state index >= 15 is 0 Å². The molecule has 0 aromatic carbocycles. The van der Waals surface area contributed by atoms with E-state index in [0.717, 1.165) is 11.8 Å². The lowest BCUT2D eigenvalue weighted by atomic mass is 9.73. The van der Waals surface area contributed by atoms with Crippen LogP contribution in [0.3, 0.4) is 0 Å². The molecule has 1 fully saturated rings. The molecule has 46 valence electrons. The fraction of sp³-hybridized carbons (Fsp3) is 0.750. The highest BCUT2D eigenvalue weighted by Gasteiger charge is 2.24. The lowest BCUT2D eigenvalue weighted by molar-refractivity contribution is 0.199. The third-order valence-electron chi connectivity index (χ3n) is 2.27. The maximum atomic E-state index is 3.72. The van der Waals surface area contributed by atoms with Crippen LogP contribution >= 0.6 is 0 Å². The van der Waals surface area contributed by atoms with Crippen molar-refractivity contribution in [3.63, 3.8) is 0 Å². The first-order valence-corrected chi connectivity index (χ1v) is 3.45. The number of hydrogen-bond acceptors (Lipinski definition) is 0. The van der Waals surface area contributed by atoms with Crippen LogP contribution in [-0.4, -0.2) is 0 Å². The van der Waals surface area contributed by atoms with Crippen molar-refractivity contribution in [2.24, 2.45) is 11.8 Å². The fourth-order valence-corrected chi connectivity index (χ4v) is 1.30. The molecular formula is C8H14. The molecule has 0 amide bonds. The average Bonchev–Trinajstić information content (AvgIpc) is 1.79. The maximum Gasteiger partial charge on any atom is -0.0322 e. The Balaban J connectivity index is 2.16. The smallest absolute Gasteiger partial charge is 0.0322 e. The number of hydrogen-bond donors (Lipinski definition) is 0. The maximum absolute atomic E-state index is 3.72. The lowest BCUT2D eigenvalue weighted by Crippen LogP contribution is -2.21. The van der Waals surface area contributed by atoms with E-state index in [2.05, 4.69) is 13.5 Å². The molecule has 1 aliphatic carbocycles. The van der Waals surface area contributed by atoms with Crippen LogP contribution in [0.15, 0.2) is 12.7 Å². The molecule has 0 aromatic rings. The Morgan fingerprint density at radius 1 is 1.62 bits per heavy atom. The molecule has 1 aliphatic rings. The van der Waals surface area contributed by atoms with Crippen molar-refractivity contribution in [1.82, 2.24) is 0 Å². The van der Waals surface area contributed by atoms with Crippen LogP contribution in [0.1, 0.15) is 26.2 Å². The predicted molar refractivity (Wildman–Crippen MR) is 36.7 cm³/mol. The fourth-order valence-electron chi connectivity index (χ4n) is 1.30. The summed E-state index contributed by atoms with van der Waals surface area (Å²) >= 11 is 0. The zero-order valence-electron chi connectivity index (χ0n) is 5.56. The quantitative estimate of drug-likeness (QED) is 0.479. The average molecular weight is 110 g/mol. The van der Waals surface area contributed by atoms with E-state index in [1.54, 1.807) is 0 Å². The lowest BCUT2D eigenvalue weighted by Gasteiger charge is -2.32. The molecule has 1 saturated carbocycles. The van der Waals surface area contributed by atoms with Gasteiger partial charge in [0.05, 0.1) is 0 Å². The van der Waals surface area contributed by atoms with Gasteiger partial charge in [-0.25, -0.2) is 0 Å². The van der Waals surface area contributed by atoms with Crippen molar-refractivity contribution >= 4 is 0 Å². The zero-order chi connectivity index (χ0) is 5.98. The van der Waals surface area contributed by atoms with Gasteiger partial charge in [-0.3, -0.25) is 0 Å². The second kappa shape index (κ2) is 2.34. The normalized spacial score (nSPS) is 36.1. The minimum Gasteiger partial charge on any atom is -0.103 e. The Morgan fingerprint density at radius 2 is 2.38 bits per heavy atom. The highest BCUT2D eigenvalue weighted by atomic mass is 14.3. The van der Waals surface area contributed by atoms with Crippen LogP contribution < -0.4 is 0 Å². The Hall–Kier alpha value is -0.260. The summed E-state index contributed by atoms with van der Waals surface area (Å²) in [6.45, 7) is 6.05. The van der Waals surface area contributed by atoms with E-state index < -0.39 is 0 Å². The molecule has 0 heterocycles. The molecule has 0 bridgehead atoms. The summed E-state index contributed by atoms with van der Waals surface area (Å²) < 4.78 is 0. The molecule has 8 heavy (non-hydrogen) atoms. The summed E-state index contributed by atoms with van der Waals surface area (Å²) in [7, 11) is 0. The third-order valence-corrected chi connectivity index (χ3v) is 2.27. The van der Waals surface area contributed by atoms with E-state index in [9.17, 15) is 0 Å². The molecule has 2 unspecified atom stereocenters. The molecular weight excluding hydrogens is 96.1 g/mol. The molecule has 0 saturated heterocycles. The van der Waals surface area contributed by atoms with Gasteiger partial charge in [-0.2, -0.15) is 0 Å². The van der Waals surface area contributed by atoms with Gasteiger partial charge in [-0.15, -0.1) is 6.58 Å². The Labute approximate surface area is 51.6 Å². The third kappa shape index (κ3) is 0.936. The van der Waals surface area contributed by atoms with Gasteiger partial charge < -0.3 is 0 Å². The van der Waals surface area contributed by atoms with Gasteiger partial charge in [-0.1, -0.05) is 19.4 Å². The largest absolute Gasteiger partial charge is 0.103 e. The Kier molecular flexibility index (Phi) is 1.72. The van der Waals surface area contributed by atoms with Gasteiger partial charge in [-0.05, 0) is 24.7 Å². The highest BCUT2D eigenvalue weighted by Crippen LogP contribution is 2.35. The summed E-state index contributed by atoms with van der Waals surface area (Å²) in [5.74, 6) is 1.96. The van der Waals surface area contributed by atoms with Crippen LogP contribution in [0, 0.1) is 11.8 Å². The van der Waals surface area contributed by atoms with Crippen LogP contribution in [0.2, 0.25) is 0 Å². The second-order valence-electron chi connectivity index (χ2n) is 2.84.